The van der Waals surface area contributed by atoms with Crippen molar-refractivity contribution in [3.63, 3.8) is 0 Å². The van der Waals surface area contributed by atoms with Gasteiger partial charge < -0.3 is 15.8 Å². The first-order chi connectivity index (χ1) is 8.56. The Hall–Kier alpha value is -0.920. The van der Waals surface area contributed by atoms with Crippen LogP contribution in [0.5, 0.6) is 0 Å². The predicted molar refractivity (Wildman–Crippen MR) is 72.1 cm³/mol. The van der Waals surface area contributed by atoms with Gasteiger partial charge in [-0.25, -0.2) is 0 Å². The number of hydrogen-bond acceptors (Lipinski definition) is 4. The van der Waals surface area contributed by atoms with Crippen LogP contribution in [0.3, 0.4) is 0 Å². The number of nitrogens with one attached hydrogen (secondary N) is 1. The van der Waals surface area contributed by atoms with Crippen LogP contribution in [0, 0.1) is 6.92 Å². The van der Waals surface area contributed by atoms with E-state index in [1.54, 1.807) is 0 Å². The number of halogens is 1. The number of nitrogens with zero attached hydrogens (tertiary/aromatic N) is 2. The maximum absolute atomic E-state index is 10.4. The number of nitrogens with two attached hydrogens (primary N) is 1. The van der Waals surface area contributed by atoms with E-state index in [4.69, 9.17) is 10.5 Å². The second-order valence-corrected chi connectivity index (χ2v) is 4.65. The summed E-state index contributed by atoms with van der Waals surface area (Å²) in [7, 11) is 0. The van der Waals surface area contributed by atoms with Gasteiger partial charge in [-0.2, -0.15) is 5.10 Å². The zero-order chi connectivity index (χ0) is 13.5. The molecule has 0 aliphatic heterocycles. The number of rotatable bonds is 8. The van der Waals surface area contributed by atoms with Crippen LogP contribution >= 0.6 is 15.9 Å². The first-order valence-corrected chi connectivity index (χ1v) is 6.64. The summed E-state index contributed by atoms with van der Waals surface area (Å²) in [5.41, 5.74) is 7.06. The van der Waals surface area contributed by atoms with E-state index in [1.165, 1.54) is 0 Å². The Labute approximate surface area is 115 Å². The Morgan fingerprint density at radius 3 is 2.94 bits per heavy atom. The van der Waals surface area contributed by atoms with E-state index in [0.29, 0.717) is 19.7 Å². The van der Waals surface area contributed by atoms with Crippen molar-refractivity contribution in [2.24, 2.45) is 5.73 Å². The lowest BCUT2D eigenvalue weighted by molar-refractivity contribution is -0.122. The summed E-state index contributed by atoms with van der Waals surface area (Å²) in [6, 6.07) is 0. The second kappa shape index (κ2) is 7.50. The van der Waals surface area contributed by atoms with E-state index >= 15 is 0 Å². The molecule has 1 rings (SSSR count). The van der Waals surface area contributed by atoms with E-state index in [1.807, 2.05) is 11.6 Å². The van der Waals surface area contributed by atoms with Crippen molar-refractivity contribution in [1.82, 2.24) is 15.1 Å². The maximum Gasteiger partial charge on any atom is 0.243 e. The zero-order valence-corrected chi connectivity index (χ0v) is 12.3. The molecule has 0 aromatic carbocycles. The van der Waals surface area contributed by atoms with Gasteiger partial charge in [-0.05, 0) is 29.8 Å². The van der Waals surface area contributed by atoms with Crippen LogP contribution in [-0.2, 0) is 22.6 Å². The van der Waals surface area contributed by atoms with Crippen molar-refractivity contribution in [2.75, 3.05) is 19.8 Å². The van der Waals surface area contributed by atoms with Gasteiger partial charge in [0.1, 0.15) is 6.61 Å². The van der Waals surface area contributed by atoms with Gasteiger partial charge in [-0.15, -0.1) is 0 Å². The normalized spacial score (nSPS) is 10.8. The van der Waals surface area contributed by atoms with Crippen LogP contribution in [0.25, 0.3) is 0 Å². The Balaban J connectivity index is 2.33. The number of ether oxygens (including phenoxy) is 1. The quantitative estimate of drug-likeness (QED) is 0.686. The molecule has 0 bridgehead atoms. The fourth-order valence-corrected chi connectivity index (χ4v) is 1.99. The number of primary amides is 1. The number of amides is 1. The summed E-state index contributed by atoms with van der Waals surface area (Å²) >= 11 is 3.53. The van der Waals surface area contributed by atoms with Crippen molar-refractivity contribution in [3.05, 3.63) is 15.9 Å². The smallest absolute Gasteiger partial charge is 0.243 e. The number of hydrogen-bond donors (Lipinski definition) is 2. The summed E-state index contributed by atoms with van der Waals surface area (Å²) in [5.74, 6) is -0.447. The SMILES string of the molecule is CCn1nc(C)c(Br)c1CNCCOCC(N)=O. The minimum Gasteiger partial charge on any atom is -0.370 e. The van der Waals surface area contributed by atoms with Gasteiger partial charge in [0, 0.05) is 19.6 Å². The van der Waals surface area contributed by atoms with Gasteiger partial charge in [0.2, 0.25) is 5.91 Å². The van der Waals surface area contributed by atoms with Gasteiger partial charge in [-0.3, -0.25) is 9.48 Å². The molecule has 1 amide bonds. The molecule has 0 fully saturated rings. The third kappa shape index (κ3) is 4.40. The molecule has 0 radical (unpaired) electrons. The minimum absolute atomic E-state index is 0.0304. The number of carbonyl (C=O) groups excluding carboxylic acids is 1. The van der Waals surface area contributed by atoms with E-state index in [0.717, 1.165) is 22.4 Å². The molecule has 7 heteroatoms. The highest BCUT2D eigenvalue weighted by Crippen LogP contribution is 2.20. The van der Waals surface area contributed by atoms with Crippen LogP contribution < -0.4 is 11.1 Å². The first kappa shape index (κ1) is 15.1. The van der Waals surface area contributed by atoms with Gasteiger partial charge >= 0.3 is 0 Å². The monoisotopic (exact) mass is 318 g/mol. The van der Waals surface area contributed by atoms with Gasteiger partial charge in [0.15, 0.2) is 0 Å². The topological polar surface area (TPSA) is 82.2 Å². The van der Waals surface area contributed by atoms with Gasteiger partial charge in [0.25, 0.3) is 0 Å². The van der Waals surface area contributed by atoms with Crippen molar-refractivity contribution >= 4 is 21.8 Å². The largest absolute Gasteiger partial charge is 0.370 e. The van der Waals surface area contributed by atoms with Crippen LogP contribution in [0.15, 0.2) is 4.47 Å². The molecule has 0 saturated heterocycles. The van der Waals surface area contributed by atoms with Crippen molar-refractivity contribution in [1.29, 1.82) is 0 Å². The highest BCUT2D eigenvalue weighted by atomic mass is 79.9. The molecule has 1 heterocycles. The minimum atomic E-state index is -0.447. The second-order valence-electron chi connectivity index (χ2n) is 3.86. The van der Waals surface area contributed by atoms with Crippen molar-refractivity contribution < 1.29 is 9.53 Å². The number of carbonyl (C=O) groups is 1. The van der Waals surface area contributed by atoms with Crippen molar-refractivity contribution in [3.8, 4) is 0 Å². The van der Waals surface area contributed by atoms with E-state index in [9.17, 15) is 4.79 Å². The van der Waals surface area contributed by atoms with Gasteiger partial charge in [0.05, 0.1) is 22.5 Å². The average Bonchev–Trinajstić information content (AvgIpc) is 2.60. The molecule has 0 aliphatic rings. The molecule has 1 aromatic heterocycles. The lowest BCUT2D eigenvalue weighted by Gasteiger charge is -2.07. The maximum atomic E-state index is 10.4. The van der Waals surface area contributed by atoms with Crippen LogP contribution in [0.2, 0.25) is 0 Å². The zero-order valence-electron chi connectivity index (χ0n) is 10.7. The Bertz CT molecular complexity index is 406. The molecule has 0 spiro atoms. The third-order valence-electron chi connectivity index (χ3n) is 2.41. The fourth-order valence-electron chi connectivity index (χ4n) is 1.56. The molecule has 102 valence electrons. The third-order valence-corrected chi connectivity index (χ3v) is 3.44. The molecule has 0 unspecified atom stereocenters. The van der Waals surface area contributed by atoms with Crippen LogP contribution in [0.1, 0.15) is 18.3 Å². The Morgan fingerprint density at radius 1 is 1.61 bits per heavy atom. The molecule has 18 heavy (non-hydrogen) atoms. The van der Waals surface area contributed by atoms with E-state index < -0.39 is 5.91 Å². The first-order valence-electron chi connectivity index (χ1n) is 5.84. The molecular weight excluding hydrogens is 300 g/mol. The summed E-state index contributed by atoms with van der Waals surface area (Å²) < 4.78 is 8.05. The Morgan fingerprint density at radius 2 is 2.33 bits per heavy atom. The van der Waals surface area contributed by atoms with Gasteiger partial charge in [-0.1, -0.05) is 0 Å². The number of aryl methyl sites for hydroxylation is 2. The molecule has 1 aromatic rings. The fraction of sp³-hybridized carbons (Fsp3) is 0.636. The van der Waals surface area contributed by atoms with E-state index in [-0.39, 0.29) is 6.61 Å². The van der Waals surface area contributed by atoms with Crippen LogP contribution in [-0.4, -0.2) is 35.4 Å². The lowest BCUT2D eigenvalue weighted by atomic mass is 10.3. The molecule has 0 atom stereocenters. The van der Waals surface area contributed by atoms with Crippen LogP contribution in [0.4, 0.5) is 0 Å². The standard InChI is InChI=1S/C11H19BrN4O2/c1-3-16-9(11(12)8(2)15-16)6-14-4-5-18-7-10(13)17/h14H,3-7H2,1-2H3,(H2,13,17). The lowest BCUT2D eigenvalue weighted by Crippen LogP contribution is -2.24. The summed E-state index contributed by atoms with van der Waals surface area (Å²) in [4.78, 5) is 10.4. The predicted octanol–water partition coefficient (Wildman–Crippen LogP) is 0.565. The highest BCUT2D eigenvalue weighted by molar-refractivity contribution is 9.10. The number of aromatic nitrogens is 2. The molecule has 0 saturated carbocycles. The molecular formula is C11H19BrN4O2. The highest BCUT2D eigenvalue weighted by Gasteiger charge is 2.10. The summed E-state index contributed by atoms with van der Waals surface area (Å²) in [6.07, 6.45) is 0. The molecule has 3 N–H and O–H groups in total. The summed E-state index contributed by atoms with van der Waals surface area (Å²) in [6.45, 7) is 6.65. The summed E-state index contributed by atoms with van der Waals surface area (Å²) in [5, 5.41) is 7.64. The molecule has 6 nitrogen and oxygen atoms in total. The Kier molecular flexibility index (Phi) is 6.31. The average molecular weight is 319 g/mol. The van der Waals surface area contributed by atoms with Crippen molar-refractivity contribution in [2.45, 2.75) is 26.9 Å². The molecule has 0 aliphatic carbocycles. The van der Waals surface area contributed by atoms with E-state index in [2.05, 4.69) is 33.3 Å².